The van der Waals surface area contributed by atoms with Gasteiger partial charge in [0.1, 0.15) is 4.90 Å². The third-order valence-electron chi connectivity index (χ3n) is 3.23. The van der Waals surface area contributed by atoms with E-state index in [-0.39, 0.29) is 22.3 Å². The maximum Gasteiger partial charge on any atom is 0.242 e. The molecular formula is C13H18Cl3N2O3S-. The molecule has 0 bridgehead atoms. The highest BCUT2D eigenvalue weighted by Gasteiger charge is 2.18. The van der Waals surface area contributed by atoms with E-state index in [1.54, 1.807) is 6.07 Å². The average Bonchev–Trinajstić information content (AvgIpc) is 2.47. The number of halogens is 3. The van der Waals surface area contributed by atoms with Crippen LogP contribution in [0.4, 0.5) is 0 Å². The quantitative estimate of drug-likeness (QED) is 0.635. The van der Waals surface area contributed by atoms with Gasteiger partial charge in [-0.1, -0.05) is 23.2 Å². The van der Waals surface area contributed by atoms with Gasteiger partial charge in [-0.15, -0.1) is 0 Å². The summed E-state index contributed by atoms with van der Waals surface area (Å²) >= 11 is 11.7. The number of ether oxygens (including phenoxy) is 1. The fraction of sp³-hybridized carbons (Fsp3) is 0.538. The van der Waals surface area contributed by atoms with Crippen LogP contribution in [0.15, 0.2) is 23.1 Å². The second-order valence-corrected chi connectivity index (χ2v) is 7.36. The molecular weight excluding hydrogens is 371 g/mol. The van der Waals surface area contributed by atoms with Crippen LogP contribution in [0.3, 0.4) is 0 Å². The molecule has 0 saturated carbocycles. The van der Waals surface area contributed by atoms with Crippen molar-refractivity contribution in [1.82, 2.24) is 9.62 Å². The van der Waals surface area contributed by atoms with E-state index in [1.165, 1.54) is 12.1 Å². The van der Waals surface area contributed by atoms with Crippen molar-refractivity contribution in [2.24, 2.45) is 0 Å². The zero-order valence-corrected chi connectivity index (χ0v) is 15.0. The molecule has 22 heavy (non-hydrogen) atoms. The second kappa shape index (κ2) is 9.27. The Morgan fingerprint density at radius 3 is 2.59 bits per heavy atom. The first-order chi connectivity index (χ1) is 9.99. The van der Waals surface area contributed by atoms with Gasteiger partial charge in [0.2, 0.25) is 10.0 Å². The van der Waals surface area contributed by atoms with Crippen LogP contribution in [0, 0.1) is 0 Å². The average molecular weight is 389 g/mol. The van der Waals surface area contributed by atoms with Crippen LogP contribution >= 0.6 is 23.2 Å². The molecule has 0 aromatic heterocycles. The van der Waals surface area contributed by atoms with Crippen molar-refractivity contribution in [2.45, 2.75) is 11.3 Å². The molecule has 1 aliphatic rings. The van der Waals surface area contributed by atoms with Gasteiger partial charge in [-0.25, -0.2) is 13.1 Å². The smallest absolute Gasteiger partial charge is 0.242 e. The van der Waals surface area contributed by atoms with Crippen molar-refractivity contribution in [3.05, 3.63) is 28.2 Å². The maximum absolute atomic E-state index is 12.2. The van der Waals surface area contributed by atoms with Gasteiger partial charge >= 0.3 is 0 Å². The fourth-order valence-electron chi connectivity index (χ4n) is 2.09. The standard InChI is InChI=1S/C13H18Cl2N2O3S.ClH/c14-11-2-3-12(15)13(10-11)21(18,19)16-4-1-5-17-6-8-20-9-7-17;/h2-3,10,16H,1,4-9H2;1H/p-1. The van der Waals surface area contributed by atoms with Crippen LogP contribution in [0.25, 0.3) is 0 Å². The first-order valence-corrected chi connectivity index (χ1v) is 8.98. The Morgan fingerprint density at radius 2 is 1.91 bits per heavy atom. The molecule has 5 nitrogen and oxygen atoms in total. The minimum absolute atomic E-state index is 0. The van der Waals surface area contributed by atoms with E-state index in [0.717, 1.165) is 39.3 Å². The number of nitrogens with zero attached hydrogens (tertiary/aromatic N) is 1. The van der Waals surface area contributed by atoms with Crippen LogP contribution in [0.1, 0.15) is 6.42 Å². The topological polar surface area (TPSA) is 58.6 Å². The summed E-state index contributed by atoms with van der Waals surface area (Å²) in [5.74, 6) is 0. The largest absolute Gasteiger partial charge is 1.00 e. The summed E-state index contributed by atoms with van der Waals surface area (Å²) in [6.45, 7) is 4.48. The van der Waals surface area contributed by atoms with Gasteiger partial charge < -0.3 is 17.1 Å². The Bertz CT molecular complexity index is 578. The molecule has 0 aliphatic carbocycles. The molecule has 9 heteroatoms. The summed E-state index contributed by atoms with van der Waals surface area (Å²) in [4.78, 5) is 2.27. The van der Waals surface area contributed by atoms with Gasteiger partial charge in [0.15, 0.2) is 0 Å². The molecule has 2 rings (SSSR count). The Balaban J connectivity index is 0.00000242. The molecule has 0 spiro atoms. The zero-order valence-electron chi connectivity index (χ0n) is 11.9. The number of hydrogen-bond acceptors (Lipinski definition) is 4. The highest BCUT2D eigenvalue weighted by atomic mass is 35.5. The van der Waals surface area contributed by atoms with Crippen LogP contribution in [0.2, 0.25) is 10.0 Å². The molecule has 1 aliphatic heterocycles. The van der Waals surface area contributed by atoms with E-state index in [1.807, 2.05) is 0 Å². The molecule has 1 fully saturated rings. The van der Waals surface area contributed by atoms with Crippen molar-refractivity contribution in [3.63, 3.8) is 0 Å². The van der Waals surface area contributed by atoms with Crippen molar-refractivity contribution in [2.75, 3.05) is 39.4 Å². The molecule has 1 aromatic rings. The van der Waals surface area contributed by atoms with Crippen LogP contribution in [-0.2, 0) is 14.8 Å². The Kier molecular flexibility index (Phi) is 8.42. The zero-order chi connectivity index (χ0) is 15.3. The van der Waals surface area contributed by atoms with Crippen molar-refractivity contribution in [1.29, 1.82) is 0 Å². The molecule has 1 saturated heterocycles. The number of sulfonamides is 1. The first-order valence-electron chi connectivity index (χ1n) is 6.74. The molecule has 1 heterocycles. The number of nitrogens with one attached hydrogen (secondary N) is 1. The summed E-state index contributed by atoms with van der Waals surface area (Å²) in [5.41, 5.74) is 0. The van der Waals surface area contributed by atoms with Gasteiger partial charge in [0.25, 0.3) is 0 Å². The van der Waals surface area contributed by atoms with Gasteiger partial charge in [0.05, 0.1) is 18.2 Å². The number of rotatable bonds is 6. The summed E-state index contributed by atoms with van der Waals surface area (Å²) in [7, 11) is -3.63. The lowest BCUT2D eigenvalue weighted by molar-refractivity contribution is -0.00000811. The lowest BCUT2D eigenvalue weighted by atomic mass is 10.3. The third kappa shape index (κ3) is 5.85. The SMILES string of the molecule is O=S(=O)(NCCCN1CCOCC1)c1cc(Cl)ccc1Cl.[Cl-]. The van der Waals surface area contributed by atoms with E-state index in [4.69, 9.17) is 27.9 Å². The predicted molar refractivity (Wildman–Crippen MR) is 83.5 cm³/mol. The predicted octanol–water partition coefficient (Wildman–Crippen LogP) is -1.00. The van der Waals surface area contributed by atoms with Crippen LogP contribution in [-0.4, -0.2) is 52.7 Å². The summed E-state index contributed by atoms with van der Waals surface area (Å²) in [6.07, 6.45) is 0.734. The van der Waals surface area contributed by atoms with Crippen molar-refractivity contribution >= 4 is 33.2 Å². The maximum atomic E-state index is 12.2. The molecule has 0 atom stereocenters. The van der Waals surface area contributed by atoms with Crippen molar-refractivity contribution in [3.8, 4) is 0 Å². The molecule has 1 N–H and O–H groups in total. The van der Waals surface area contributed by atoms with Gasteiger partial charge in [-0.05, 0) is 31.2 Å². The normalized spacial score (nSPS) is 16.3. The third-order valence-corrected chi connectivity index (χ3v) is 5.41. The van der Waals surface area contributed by atoms with E-state index in [2.05, 4.69) is 9.62 Å². The van der Waals surface area contributed by atoms with Gasteiger partial charge in [-0.2, -0.15) is 0 Å². The summed E-state index contributed by atoms with van der Waals surface area (Å²) in [6, 6.07) is 4.39. The van der Waals surface area contributed by atoms with E-state index >= 15 is 0 Å². The van der Waals surface area contributed by atoms with Gasteiger partial charge in [-0.3, -0.25) is 4.90 Å². The van der Waals surface area contributed by atoms with E-state index in [9.17, 15) is 8.42 Å². The second-order valence-electron chi connectivity index (χ2n) is 4.78. The number of hydrogen-bond donors (Lipinski definition) is 1. The van der Waals surface area contributed by atoms with Crippen LogP contribution < -0.4 is 17.1 Å². The number of morpholine rings is 1. The minimum atomic E-state index is -3.63. The fourth-order valence-corrected chi connectivity index (χ4v) is 3.93. The van der Waals surface area contributed by atoms with E-state index in [0.29, 0.717) is 11.6 Å². The monoisotopic (exact) mass is 387 g/mol. The summed E-state index contributed by atoms with van der Waals surface area (Å²) in [5, 5.41) is 0.508. The highest BCUT2D eigenvalue weighted by Crippen LogP contribution is 2.24. The van der Waals surface area contributed by atoms with Crippen molar-refractivity contribution < 1.29 is 25.6 Å². The first kappa shape index (κ1) is 20.0. The lowest BCUT2D eigenvalue weighted by Crippen LogP contribution is -3.00. The summed E-state index contributed by atoms with van der Waals surface area (Å²) < 4.78 is 32.2. The number of benzene rings is 1. The molecule has 1 aromatic carbocycles. The Hall–Kier alpha value is -0.0800. The Labute approximate surface area is 147 Å². The minimum Gasteiger partial charge on any atom is -1.00 e. The van der Waals surface area contributed by atoms with Gasteiger partial charge in [0, 0.05) is 24.7 Å². The van der Waals surface area contributed by atoms with Crippen LogP contribution in [0.5, 0.6) is 0 Å². The lowest BCUT2D eigenvalue weighted by Gasteiger charge is -2.26. The Morgan fingerprint density at radius 1 is 1.23 bits per heavy atom. The molecule has 0 amide bonds. The molecule has 0 unspecified atom stereocenters. The van der Waals surface area contributed by atoms with E-state index < -0.39 is 10.0 Å². The highest BCUT2D eigenvalue weighted by molar-refractivity contribution is 7.89. The molecule has 0 radical (unpaired) electrons. The molecule has 126 valence electrons.